The molecule has 2 saturated carbocycles. The molecule has 2 aromatic carbocycles. The van der Waals surface area contributed by atoms with Crippen molar-refractivity contribution in [3.63, 3.8) is 0 Å². The number of aromatic hydroxyl groups is 4. The van der Waals surface area contributed by atoms with Crippen LogP contribution in [0.1, 0.15) is 98.8 Å². The van der Waals surface area contributed by atoms with E-state index in [1.165, 1.54) is 47.5 Å². The summed E-state index contributed by atoms with van der Waals surface area (Å²) in [5, 5.41) is 57.6. The highest BCUT2D eigenvalue weighted by Gasteiger charge is 2.64. The summed E-state index contributed by atoms with van der Waals surface area (Å²) in [5.41, 5.74) is 0.225. The molecule has 2 unspecified atom stereocenters. The predicted octanol–water partition coefficient (Wildman–Crippen LogP) is 4.89. The van der Waals surface area contributed by atoms with Crippen LogP contribution in [0, 0.1) is 22.7 Å². The number of aliphatic hydroxyl groups is 1. The highest BCUT2D eigenvalue weighted by atomic mass is 16.3. The lowest BCUT2D eigenvalue weighted by Crippen LogP contribution is -2.57. The highest BCUT2D eigenvalue weighted by molar-refractivity contribution is 5.98. The third kappa shape index (κ3) is 7.25. The standard InChI is InChI=1S/C42H53N3O9/c1-40-17-14-27(46)24-26(40)12-13-28-31(40)15-18-41(2)32(28)16-19-42(41,54)35(49)25-45(23-7-21-44-39(53)30-9-6-11-34(48)37(30)51)22-4-3-20-43-38(52)29-8-5-10-33(47)36(29)50/h5-6,8-11,15,24,28,32,47-48,50-51,54H,3-4,7,12-14,16-23,25H2,1-2H3,(H,43,52)(H,44,53)/t28?,32?,40-,41-,42-/m0/s1. The van der Waals surface area contributed by atoms with Gasteiger partial charge in [-0.25, -0.2) is 0 Å². The number of carbonyl (C=O) groups is 4. The van der Waals surface area contributed by atoms with Gasteiger partial charge in [-0.3, -0.25) is 24.1 Å². The second kappa shape index (κ2) is 15.6. The van der Waals surface area contributed by atoms with Gasteiger partial charge in [0.15, 0.2) is 34.6 Å². The van der Waals surface area contributed by atoms with Crippen molar-refractivity contribution < 1.29 is 44.7 Å². The van der Waals surface area contributed by atoms with Crippen molar-refractivity contribution in [1.82, 2.24) is 15.5 Å². The molecule has 4 aliphatic rings. The normalized spacial score (nSPS) is 27.3. The molecule has 2 amide bonds. The summed E-state index contributed by atoms with van der Waals surface area (Å²) in [6.45, 7) is 5.78. The first-order chi connectivity index (χ1) is 25.7. The number of phenols is 4. The Bertz CT molecular complexity index is 1870. The molecule has 0 radical (unpaired) electrons. The summed E-state index contributed by atoms with van der Waals surface area (Å²) >= 11 is 0. The number of para-hydroxylation sites is 2. The molecule has 0 aliphatic heterocycles. The van der Waals surface area contributed by atoms with E-state index in [0.717, 1.165) is 25.7 Å². The van der Waals surface area contributed by atoms with Crippen molar-refractivity contribution in [2.75, 3.05) is 32.7 Å². The Hall–Kier alpha value is -4.68. The maximum Gasteiger partial charge on any atom is 0.255 e. The van der Waals surface area contributed by atoms with E-state index in [2.05, 4.69) is 30.6 Å². The fourth-order valence-corrected chi connectivity index (χ4v) is 9.72. The van der Waals surface area contributed by atoms with E-state index < -0.39 is 40.1 Å². The molecule has 0 aromatic heterocycles. The number of allylic oxidation sites excluding steroid dienone is 4. The van der Waals surface area contributed by atoms with Gasteiger partial charge in [-0.05, 0) is 107 Å². The molecule has 7 N–H and O–H groups in total. The second-order valence-corrected chi connectivity index (χ2v) is 16.0. The smallest absolute Gasteiger partial charge is 0.255 e. The predicted molar refractivity (Wildman–Crippen MR) is 201 cm³/mol. The molecule has 5 atom stereocenters. The number of benzene rings is 2. The second-order valence-electron chi connectivity index (χ2n) is 16.0. The number of hydrogen-bond acceptors (Lipinski definition) is 10. The Morgan fingerprint density at radius 1 is 0.815 bits per heavy atom. The lowest BCUT2D eigenvalue weighted by molar-refractivity contribution is -0.154. The third-order valence-corrected chi connectivity index (χ3v) is 13.0. The van der Waals surface area contributed by atoms with Crippen LogP contribution in [0.2, 0.25) is 0 Å². The maximum atomic E-state index is 14.3. The number of phenolic OH excluding ortho intramolecular Hbond substituents is 4. The zero-order chi connectivity index (χ0) is 38.8. The first-order valence-corrected chi connectivity index (χ1v) is 19.2. The quantitative estimate of drug-likeness (QED) is 0.0795. The van der Waals surface area contributed by atoms with Gasteiger partial charge in [0.2, 0.25) is 0 Å². The third-order valence-electron chi connectivity index (χ3n) is 13.0. The number of ketones is 2. The number of rotatable bonds is 14. The van der Waals surface area contributed by atoms with Gasteiger partial charge in [0.25, 0.3) is 11.8 Å². The number of nitrogens with one attached hydrogen (secondary N) is 2. The van der Waals surface area contributed by atoms with Crippen LogP contribution < -0.4 is 10.6 Å². The number of unbranched alkanes of at least 4 members (excludes halogenated alkanes) is 1. The monoisotopic (exact) mass is 743 g/mol. The molecule has 4 aliphatic carbocycles. The zero-order valence-electron chi connectivity index (χ0n) is 31.2. The molecule has 0 heterocycles. The summed E-state index contributed by atoms with van der Waals surface area (Å²) in [7, 11) is 0. The van der Waals surface area contributed by atoms with Crippen LogP contribution in [0.25, 0.3) is 0 Å². The van der Waals surface area contributed by atoms with Crippen LogP contribution in [0.4, 0.5) is 0 Å². The van der Waals surface area contributed by atoms with E-state index in [1.54, 1.807) is 0 Å². The lowest BCUT2D eigenvalue weighted by Gasteiger charge is -2.54. The first-order valence-electron chi connectivity index (χ1n) is 19.2. The van der Waals surface area contributed by atoms with Gasteiger partial charge >= 0.3 is 0 Å². The average Bonchev–Trinajstić information content (AvgIpc) is 3.43. The van der Waals surface area contributed by atoms with Crippen molar-refractivity contribution in [2.45, 2.75) is 83.7 Å². The van der Waals surface area contributed by atoms with Crippen molar-refractivity contribution in [3.05, 3.63) is 70.8 Å². The molecule has 2 fully saturated rings. The van der Waals surface area contributed by atoms with Gasteiger partial charge in [0.1, 0.15) is 5.60 Å². The summed E-state index contributed by atoms with van der Waals surface area (Å²) in [6.07, 6.45) is 10.6. The molecule has 54 heavy (non-hydrogen) atoms. The van der Waals surface area contributed by atoms with Gasteiger partial charge in [-0.1, -0.05) is 43.2 Å². The Balaban J connectivity index is 1.10. The minimum atomic E-state index is -1.52. The van der Waals surface area contributed by atoms with Crippen LogP contribution in [0.15, 0.2) is 59.7 Å². The average molecular weight is 744 g/mol. The molecular formula is C42H53N3O9. The van der Waals surface area contributed by atoms with Crippen LogP contribution in [0.5, 0.6) is 23.0 Å². The lowest BCUT2D eigenvalue weighted by atomic mass is 9.50. The van der Waals surface area contributed by atoms with Crippen LogP contribution in [0.3, 0.4) is 0 Å². The van der Waals surface area contributed by atoms with Crippen molar-refractivity contribution in [2.24, 2.45) is 22.7 Å². The van der Waals surface area contributed by atoms with Gasteiger partial charge in [0, 0.05) is 36.9 Å². The van der Waals surface area contributed by atoms with Gasteiger partial charge in [-0.15, -0.1) is 0 Å². The van der Waals surface area contributed by atoms with Gasteiger partial charge in [-0.2, -0.15) is 0 Å². The van der Waals surface area contributed by atoms with Crippen molar-refractivity contribution in [3.8, 4) is 23.0 Å². The van der Waals surface area contributed by atoms with Crippen molar-refractivity contribution >= 4 is 23.4 Å². The molecular weight excluding hydrogens is 690 g/mol. The van der Waals surface area contributed by atoms with E-state index in [1.807, 2.05) is 11.0 Å². The number of amides is 2. The molecule has 12 nitrogen and oxygen atoms in total. The first kappa shape index (κ1) is 39.0. The highest BCUT2D eigenvalue weighted by Crippen LogP contribution is 2.65. The SMILES string of the molecule is C[C@]12CCC(=O)C=C1CCC1C2=CC[C@@]2(C)C1CC[C@]2(O)C(=O)CN(CCCCNC(=O)c1cccc(O)c1O)CCCNC(=O)c1cccc(O)c1O. The van der Waals surface area contributed by atoms with E-state index in [9.17, 15) is 44.7 Å². The van der Waals surface area contributed by atoms with Crippen molar-refractivity contribution in [1.29, 1.82) is 0 Å². The van der Waals surface area contributed by atoms with E-state index in [0.29, 0.717) is 58.2 Å². The number of fused-ring (bicyclic) bond motifs is 5. The summed E-state index contributed by atoms with van der Waals surface area (Å²) in [6, 6.07) is 8.34. The van der Waals surface area contributed by atoms with Gasteiger partial charge in [0.05, 0.1) is 17.7 Å². The fraction of sp³-hybridized carbons (Fsp3) is 0.524. The summed E-state index contributed by atoms with van der Waals surface area (Å²) < 4.78 is 0. The summed E-state index contributed by atoms with van der Waals surface area (Å²) in [5.74, 6) is -2.44. The molecule has 2 aromatic rings. The Morgan fingerprint density at radius 3 is 2.07 bits per heavy atom. The minimum absolute atomic E-state index is 0.0115. The van der Waals surface area contributed by atoms with E-state index in [4.69, 9.17) is 0 Å². The topological polar surface area (TPSA) is 197 Å². The molecule has 290 valence electrons. The molecule has 0 saturated heterocycles. The number of Topliss-reactive ketones (excluding diaryl/α,β-unsaturated/α-hetero) is 1. The molecule has 0 spiro atoms. The Morgan fingerprint density at radius 2 is 1.43 bits per heavy atom. The van der Waals surface area contributed by atoms with Gasteiger partial charge < -0.3 is 36.2 Å². The Kier molecular flexibility index (Phi) is 11.3. The number of nitrogens with zero attached hydrogens (tertiary/aromatic N) is 1. The largest absolute Gasteiger partial charge is 0.504 e. The van der Waals surface area contributed by atoms with Crippen LogP contribution in [-0.2, 0) is 9.59 Å². The fourth-order valence-electron chi connectivity index (χ4n) is 9.72. The Labute approximate surface area is 316 Å². The zero-order valence-corrected chi connectivity index (χ0v) is 31.2. The number of hydrogen-bond donors (Lipinski definition) is 7. The molecule has 6 rings (SSSR count). The number of carbonyl (C=O) groups excluding carboxylic acids is 4. The van der Waals surface area contributed by atoms with Crippen LogP contribution in [-0.4, -0.2) is 92.1 Å². The van der Waals surface area contributed by atoms with E-state index >= 15 is 0 Å². The maximum absolute atomic E-state index is 14.3. The minimum Gasteiger partial charge on any atom is -0.504 e. The van der Waals surface area contributed by atoms with Crippen LogP contribution >= 0.6 is 0 Å². The molecule has 0 bridgehead atoms. The van der Waals surface area contributed by atoms with E-state index in [-0.39, 0.29) is 58.8 Å². The summed E-state index contributed by atoms with van der Waals surface area (Å²) in [4.78, 5) is 53.9. The molecule has 12 heteroatoms.